The molecule has 1 aromatic heterocycles. The Bertz CT molecular complexity index is 607. The molecule has 0 aliphatic carbocycles. The van der Waals surface area contributed by atoms with Gasteiger partial charge in [0.2, 0.25) is 5.88 Å². The Morgan fingerprint density at radius 2 is 2.25 bits per heavy atom. The van der Waals surface area contributed by atoms with Crippen molar-refractivity contribution in [3.05, 3.63) is 34.8 Å². The van der Waals surface area contributed by atoms with Crippen molar-refractivity contribution in [2.45, 2.75) is 12.6 Å². The second-order valence-corrected chi connectivity index (χ2v) is 5.94. The lowest BCUT2D eigenvalue weighted by Crippen LogP contribution is -2.26. The third-order valence-corrected chi connectivity index (χ3v) is 3.99. The highest BCUT2D eigenvalue weighted by molar-refractivity contribution is 9.10. The fourth-order valence-corrected chi connectivity index (χ4v) is 2.80. The van der Waals surface area contributed by atoms with E-state index in [1.165, 1.54) is 0 Å². The van der Waals surface area contributed by atoms with Crippen molar-refractivity contribution in [1.29, 1.82) is 0 Å². The quantitative estimate of drug-likeness (QED) is 0.854. The van der Waals surface area contributed by atoms with E-state index in [-0.39, 0.29) is 0 Å². The van der Waals surface area contributed by atoms with Gasteiger partial charge in [-0.3, -0.25) is 4.90 Å². The molecule has 0 spiro atoms. The largest absolute Gasteiger partial charge is 0.476 e. The molecule has 1 saturated heterocycles. The van der Waals surface area contributed by atoms with Gasteiger partial charge in [0.15, 0.2) is 0 Å². The summed E-state index contributed by atoms with van der Waals surface area (Å²) in [6, 6.07) is 9.81. The number of ether oxygens (including phenoxy) is 1. The predicted octanol–water partition coefficient (Wildman–Crippen LogP) is 3.42. The molecule has 1 atom stereocenters. The van der Waals surface area contributed by atoms with Crippen LogP contribution in [0.25, 0.3) is 10.9 Å². The van der Waals surface area contributed by atoms with Crippen LogP contribution in [0.5, 0.6) is 5.88 Å². The lowest BCUT2D eigenvalue weighted by molar-refractivity contribution is 0.220. The molecule has 0 N–H and O–H groups in total. The van der Waals surface area contributed by atoms with Crippen molar-refractivity contribution >= 4 is 26.8 Å². The normalized spacial score (nSPS) is 19.6. The Balaban J connectivity index is 1.59. The Morgan fingerprint density at radius 3 is 3.05 bits per heavy atom. The van der Waals surface area contributed by atoms with Crippen molar-refractivity contribution in [2.75, 3.05) is 26.2 Å². The molecular weight excluding hydrogens is 323 g/mol. The van der Waals surface area contributed by atoms with E-state index in [4.69, 9.17) is 4.74 Å². The number of hydrogen-bond acceptors (Lipinski definition) is 3. The van der Waals surface area contributed by atoms with Gasteiger partial charge in [0, 0.05) is 35.6 Å². The standard InChI is InChI=1S/C15H16BrFN2O/c16-12-2-3-14-11(9-12)1-4-15(18-14)20-8-7-19-6-5-13(17)10-19/h1-4,9,13H,5-8,10H2. The molecule has 106 valence electrons. The van der Waals surface area contributed by atoms with E-state index >= 15 is 0 Å². The van der Waals surface area contributed by atoms with Crippen LogP contribution in [-0.4, -0.2) is 42.3 Å². The summed E-state index contributed by atoms with van der Waals surface area (Å²) in [5.74, 6) is 0.621. The SMILES string of the molecule is FC1CCN(CCOc2ccc3cc(Br)ccc3n2)C1. The lowest BCUT2D eigenvalue weighted by Gasteiger charge is -2.14. The molecule has 0 radical (unpaired) electrons. The second kappa shape index (κ2) is 6.06. The summed E-state index contributed by atoms with van der Waals surface area (Å²) >= 11 is 3.44. The van der Waals surface area contributed by atoms with E-state index in [2.05, 4.69) is 25.8 Å². The molecule has 1 fully saturated rings. The minimum Gasteiger partial charge on any atom is -0.476 e. The topological polar surface area (TPSA) is 25.4 Å². The van der Waals surface area contributed by atoms with Crippen molar-refractivity contribution in [3.63, 3.8) is 0 Å². The summed E-state index contributed by atoms with van der Waals surface area (Å²) in [6.45, 7) is 2.65. The van der Waals surface area contributed by atoms with Gasteiger partial charge in [-0.25, -0.2) is 9.37 Å². The number of halogens is 2. The second-order valence-electron chi connectivity index (χ2n) is 5.02. The van der Waals surface area contributed by atoms with Gasteiger partial charge in [-0.1, -0.05) is 15.9 Å². The van der Waals surface area contributed by atoms with Gasteiger partial charge in [-0.2, -0.15) is 0 Å². The third kappa shape index (κ3) is 3.27. The summed E-state index contributed by atoms with van der Waals surface area (Å²) in [7, 11) is 0. The summed E-state index contributed by atoms with van der Waals surface area (Å²) in [6.07, 6.45) is -0.0319. The number of alkyl halides is 1. The minimum atomic E-state index is -0.674. The number of aromatic nitrogens is 1. The number of benzene rings is 1. The van der Waals surface area contributed by atoms with Crippen LogP contribution in [0.2, 0.25) is 0 Å². The highest BCUT2D eigenvalue weighted by Crippen LogP contribution is 2.21. The van der Waals surface area contributed by atoms with Crippen LogP contribution in [0.15, 0.2) is 34.8 Å². The molecule has 20 heavy (non-hydrogen) atoms. The molecule has 0 saturated carbocycles. The van der Waals surface area contributed by atoms with Crippen molar-refractivity contribution in [3.8, 4) is 5.88 Å². The summed E-state index contributed by atoms with van der Waals surface area (Å²) in [5, 5.41) is 1.08. The smallest absolute Gasteiger partial charge is 0.213 e. The van der Waals surface area contributed by atoms with E-state index in [0.29, 0.717) is 25.5 Å². The zero-order valence-electron chi connectivity index (χ0n) is 11.1. The van der Waals surface area contributed by atoms with Gasteiger partial charge >= 0.3 is 0 Å². The van der Waals surface area contributed by atoms with Crippen LogP contribution in [0, 0.1) is 0 Å². The minimum absolute atomic E-state index is 0.530. The number of hydrogen-bond donors (Lipinski definition) is 0. The maximum Gasteiger partial charge on any atom is 0.213 e. The van der Waals surface area contributed by atoms with Gasteiger partial charge < -0.3 is 4.74 Å². The van der Waals surface area contributed by atoms with Gasteiger partial charge in [0.05, 0.1) is 5.52 Å². The molecular formula is C15H16BrFN2O. The van der Waals surface area contributed by atoms with E-state index in [9.17, 15) is 4.39 Å². The molecule has 0 amide bonds. The Kier molecular flexibility index (Phi) is 4.17. The number of pyridine rings is 1. The van der Waals surface area contributed by atoms with Crippen LogP contribution >= 0.6 is 15.9 Å². The molecule has 2 aromatic rings. The fourth-order valence-electron chi connectivity index (χ4n) is 2.43. The van der Waals surface area contributed by atoms with Crippen molar-refractivity contribution in [2.24, 2.45) is 0 Å². The predicted molar refractivity (Wildman–Crippen MR) is 80.9 cm³/mol. The first-order valence-electron chi connectivity index (χ1n) is 6.76. The number of nitrogens with zero attached hydrogens (tertiary/aromatic N) is 2. The Hall–Kier alpha value is -1.20. The lowest BCUT2D eigenvalue weighted by atomic mass is 10.2. The van der Waals surface area contributed by atoms with Crippen LogP contribution in [0.4, 0.5) is 4.39 Å². The molecule has 0 bridgehead atoms. The first kappa shape index (κ1) is 13.8. The monoisotopic (exact) mass is 338 g/mol. The van der Waals surface area contributed by atoms with Gasteiger partial charge in [0.25, 0.3) is 0 Å². The zero-order valence-corrected chi connectivity index (χ0v) is 12.6. The fraction of sp³-hybridized carbons (Fsp3) is 0.400. The first-order valence-corrected chi connectivity index (χ1v) is 7.55. The summed E-state index contributed by atoms with van der Waals surface area (Å²) in [4.78, 5) is 6.55. The summed E-state index contributed by atoms with van der Waals surface area (Å²) < 4.78 is 19.7. The van der Waals surface area contributed by atoms with E-state index in [1.54, 1.807) is 0 Å². The third-order valence-electron chi connectivity index (χ3n) is 3.50. The maximum absolute atomic E-state index is 13.0. The molecule has 1 aliphatic heterocycles. The van der Waals surface area contributed by atoms with Crippen LogP contribution < -0.4 is 4.74 Å². The van der Waals surface area contributed by atoms with Crippen molar-refractivity contribution in [1.82, 2.24) is 9.88 Å². The van der Waals surface area contributed by atoms with E-state index in [1.807, 2.05) is 30.3 Å². The summed E-state index contributed by atoms with van der Waals surface area (Å²) in [5.41, 5.74) is 0.913. The highest BCUT2D eigenvalue weighted by Gasteiger charge is 2.21. The number of likely N-dealkylation sites (tertiary alicyclic amines) is 1. The highest BCUT2D eigenvalue weighted by atomic mass is 79.9. The maximum atomic E-state index is 13.0. The van der Waals surface area contributed by atoms with Gasteiger partial charge in [0.1, 0.15) is 12.8 Å². The molecule has 1 unspecified atom stereocenters. The number of rotatable bonds is 4. The van der Waals surface area contributed by atoms with Gasteiger partial charge in [-0.15, -0.1) is 0 Å². The Labute approximate surface area is 125 Å². The zero-order chi connectivity index (χ0) is 13.9. The first-order chi connectivity index (χ1) is 9.70. The average molecular weight is 339 g/mol. The van der Waals surface area contributed by atoms with Crippen molar-refractivity contribution < 1.29 is 9.13 Å². The molecule has 5 heteroatoms. The van der Waals surface area contributed by atoms with Crippen LogP contribution in [-0.2, 0) is 0 Å². The van der Waals surface area contributed by atoms with Crippen LogP contribution in [0.3, 0.4) is 0 Å². The average Bonchev–Trinajstić information content (AvgIpc) is 2.85. The van der Waals surface area contributed by atoms with E-state index in [0.717, 1.165) is 28.5 Å². The molecule has 3 rings (SSSR count). The van der Waals surface area contributed by atoms with Gasteiger partial charge in [-0.05, 0) is 30.7 Å². The molecule has 1 aromatic carbocycles. The van der Waals surface area contributed by atoms with Crippen LogP contribution in [0.1, 0.15) is 6.42 Å². The number of fused-ring (bicyclic) bond motifs is 1. The molecule has 3 nitrogen and oxygen atoms in total. The van der Waals surface area contributed by atoms with E-state index < -0.39 is 6.17 Å². The molecule has 2 heterocycles. The Morgan fingerprint density at radius 1 is 1.35 bits per heavy atom. The molecule has 1 aliphatic rings.